The molecule has 0 bridgehead atoms. The van der Waals surface area contributed by atoms with E-state index < -0.39 is 0 Å². The summed E-state index contributed by atoms with van der Waals surface area (Å²) in [5.41, 5.74) is 7.26. The quantitative estimate of drug-likeness (QED) is 0.720. The molecule has 2 unspecified atom stereocenters. The predicted octanol–water partition coefficient (Wildman–Crippen LogP) is 3.26. The highest BCUT2D eigenvalue weighted by atomic mass is 15.1. The minimum absolute atomic E-state index is 0.401. The van der Waals surface area contributed by atoms with Crippen molar-refractivity contribution in [3.05, 3.63) is 18.2 Å². The van der Waals surface area contributed by atoms with Crippen LogP contribution in [0.5, 0.6) is 0 Å². The molecule has 0 saturated heterocycles. The first-order valence-electron chi connectivity index (χ1n) is 8.49. The van der Waals surface area contributed by atoms with Gasteiger partial charge in [0.2, 0.25) is 0 Å². The minimum atomic E-state index is 0.401. The zero-order valence-corrected chi connectivity index (χ0v) is 14.5. The molecule has 0 fully saturated rings. The Bertz CT molecular complexity index is 382. The van der Waals surface area contributed by atoms with E-state index in [9.17, 15) is 0 Å². The monoisotopic (exact) mass is 294 g/mol. The maximum Gasteiger partial charge on any atom is 0.0950 e. The van der Waals surface area contributed by atoms with Crippen molar-refractivity contribution in [3.63, 3.8) is 0 Å². The summed E-state index contributed by atoms with van der Waals surface area (Å²) in [6.07, 6.45) is 6.39. The number of imidazole rings is 1. The molecule has 0 amide bonds. The third-order valence-corrected chi connectivity index (χ3v) is 4.60. The number of hydrogen-bond acceptors (Lipinski definition) is 3. The number of aromatic nitrogens is 2. The molecule has 0 spiro atoms. The number of nitrogens with two attached hydrogens (primary N) is 1. The van der Waals surface area contributed by atoms with E-state index in [0.717, 1.165) is 13.1 Å². The summed E-state index contributed by atoms with van der Waals surface area (Å²) in [5.74, 6) is 0.950. The minimum Gasteiger partial charge on any atom is -0.331 e. The van der Waals surface area contributed by atoms with Crippen LogP contribution in [0.15, 0.2) is 12.5 Å². The molecule has 0 aromatic carbocycles. The number of rotatable bonds is 10. The molecule has 1 aromatic rings. The van der Waals surface area contributed by atoms with Crippen molar-refractivity contribution in [2.75, 3.05) is 26.2 Å². The fourth-order valence-corrected chi connectivity index (χ4v) is 2.99. The first-order chi connectivity index (χ1) is 10.0. The molecule has 2 N–H and O–H groups in total. The van der Waals surface area contributed by atoms with E-state index in [1.54, 1.807) is 0 Å². The average molecular weight is 294 g/mol. The second-order valence-corrected chi connectivity index (χ2v) is 6.33. The lowest BCUT2D eigenvalue weighted by Gasteiger charge is -2.25. The highest BCUT2D eigenvalue weighted by Crippen LogP contribution is 2.26. The van der Waals surface area contributed by atoms with Gasteiger partial charge in [-0.3, -0.25) is 0 Å². The van der Waals surface area contributed by atoms with Gasteiger partial charge in [0, 0.05) is 30.4 Å². The Morgan fingerprint density at radius 2 is 1.90 bits per heavy atom. The molecule has 0 aliphatic carbocycles. The molecule has 1 heterocycles. The first-order valence-corrected chi connectivity index (χ1v) is 8.49. The van der Waals surface area contributed by atoms with Crippen LogP contribution in [-0.4, -0.2) is 40.6 Å². The molecular weight excluding hydrogens is 260 g/mol. The van der Waals surface area contributed by atoms with Crippen LogP contribution in [0.2, 0.25) is 0 Å². The van der Waals surface area contributed by atoms with Gasteiger partial charge in [0.25, 0.3) is 0 Å². The van der Waals surface area contributed by atoms with Gasteiger partial charge in [0.1, 0.15) is 0 Å². The fourth-order valence-electron chi connectivity index (χ4n) is 2.99. The molecule has 0 radical (unpaired) electrons. The second kappa shape index (κ2) is 9.21. The Labute approximate surface area is 130 Å². The SMILES string of the molecule is CCN(CC)CCCC(C)n1cncc1C(CN)C(C)C. The third-order valence-electron chi connectivity index (χ3n) is 4.60. The van der Waals surface area contributed by atoms with Crippen molar-refractivity contribution in [2.24, 2.45) is 11.7 Å². The molecular formula is C17H34N4. The maximum atomic E-state index is 5.96. The smallest absolute Gasteiger partial charge is 0.0950 e. The van der Waals surface area contributed by atoms with Gasteiger partial charge in [-0.05, 0) is 45.3 Å². The molecule has 2 atom stereocenters. The Morgan fingerprint density at radius 1 is 1.24 bits per heavy atom. The summed E-state index contributed by atoms with van der Waals surface area (Å²) in [7, 11) is 0. The third kappa shape index (κ3) is 5.11. The van der Waals surface area contributed by atoms with Crippen LogP contribution >= 0.6 is 0 Å². The van der Waals surface area contributed by atoms with Gasteiger partial charge in [-0.1, -0.05) is 27.7 Å². The fraction of sp³-hybridized carbons (Fsp3) is 0.824. The summed E-state index contributed by atoms with van der Waals surface area (Å²) in [4.78, 5) is 6.85. The molecule has 0 saturated carbocycles. The molecule has 0 aliphatic heterocycles. The molecule has 1 rings (SSSR count). The summed E-state index contributed by atoms with van der Waals surface area (Å²) in [6.45, 7) is 15.4. The Balaban J connectivity index is 2.62. The van der Waals surface area contributed by atoms with Crippen molar-refractivity contribution < 1.29 is 0 Å². The van der Waals surface area contributed by atoms with Gasteiger partial charge in [-0.25, -0.2) is 4.98 Å². The van der Waals surface area contributed by atoms with E-state index >= 15 is 0 Å². The van der Waals surface area contributed by atoms with Crippen LogP contribution in [0.4, 0.5) is 0 Å². The summed E-state index contributed by atoms with van der Waals surface area (Å²) >= 11 is 0. The Kier molecular flexibility index (Phi) is 7.97. The van der Waals surface area contributed by atoms with E-state index in [0.29, 0.717) is 24.4 Å². The lowest BCUT2D eigenvalue weighted by atomic mass is 9.92. The molecule has 4 nitrogen and oxygen atoms in total. The second-order valence-electron chi connectivity index (χ2n) is 6.33. The standard InChI is InChI=1S/C17H34N4/c1-6-20(7-2)10-8-9-15(5)21-13-19-12-17(21)16(11-18)14(3)4/h12-16H,6-11,18H2,1-5H3. The van der Waals surface area contributed by atoms with Crippen LogP contribution in [0.3, 0.4) is 0 Å². The van der Waals surface area contributed by atoms with Crippen molar-refractivity contribution in [2.45, 2.75) is 59.4 Å². The van der Waals surface area contributed by atoms with Gasteiger partial charge < -0.3 is 15.2 Å². The van der Waals surface area contributed by atoms with Gasteiger partial charge in [0.15, 0.2) is 0 Å². The van der Waals surface area contributed by atoms with Gasteiger partial charge in [0.05, 0.1) is 6.33 Å². The van der Waals surface area contributed by atoms with Crippen LogP contribution in [0.1, 0.15) is 65.1 Å². The molecule has 0 aliphatic rings. The molecule has 4 heteroatoms. The summed E-state index contributed by atoms with van der Waals surface area (Å²) in [6, 6.07) is 0.492. The highest BCUT2D eigenvalue weighted by molar-refractivity contribution is 5.09. The lowest BCUT2D eigenvalue weighted by Crippen LogP contribution is -2.25. The normalized spacial score (nSPS) is 14.9. The van der Waals surface area contributed by atoms with Crippen molar-refractivity contribution in [1.29, 1.82) is 0 Å². The Morgan fingerprint density at radius 3 is 2.43 bits per heavy atom. The summed E-state index contributed by atoms with van der Waals surface area (Å²) in [5, 5.41) is 0. The topological polar surface area (TPSA) is 47.1 Å². The van der Waals surface area contributed by atoms with Crippen LogP contribution in [-0.2, 0) is 0 Å². The van der Waals surface area contributed by atoms with Crippen LogP contribution in [0.25, 0.3) is 0 Å². The van der Waals surface area contributed by atoms with Crippen molar-refractivity contribution in [3.8, 4) is 0 Å². The van der Waals surface area contributed by atoms with Gasteiger partial charge in [-0.15, -0.1) is 0 Å². The molecule has 21 heavy (non-hydrogen) atoms. The van der Waals surface area contributed by atoms with E-state index in [1.165, 1.54) is 25.1 Å². The van der Waals surface area contributed by atoms with Gasteiger partial charge >= 0.3 is 0 Å². The largest absolute Gasteiger partial charge is 0.331 e. The molecule has 1 aromatic heterocycles. The first kappa shape index (κ1) is 18.2. The zero-order chi connectivity index (χ0) is 15.8. The molecule has 122 valence electrons. The van der Waals surface area contributed by atoms with E-state index in [4.69, 9.17) is 5.73 Å². The van der Waals surface area contributed by atoms with E-state index in [-0.39, 0.29) is 0 Å². The van der Waals surface area contributed by atoms with Crippen molar-refractivity contribution >= 4 is 0 Å². The van der Waals surface area contributed by atoms with E-state index in [1.807, 2.05) is 12.5 Å². The zero-order valence-electron chi connectivity index (χ0n) is 14.5. The lowest BCUT2D eigenvalue weighted by molar-refractivity contribution is 0.287. The van der Waals surface area contributed by atoms with E-state index in [2.05, 4.69) is 49.1 Å². The number of hydrogen-bond donors (Lipinski definition) is 1. The van der Waals surface area contributed by atoms with Gasteiger partial charge in [-0.2, -0.15) is 0 Å². The Hall–Kier alpha value is -0.870. The van der Waals surface area contributed by atoms with Crippen molar-refractivity contribution in [1.82, 2.24) is 14.5 Å². The highest BCUT2D eigenvalue weighted by Gasteiger charge is 2.20. The van der Waals surface area contributed by atoms with Crippen LogP contribution in [0, 0.1) is 5.92 Å². The number of nitrogens with zero attached hydrogens (tertiary/aromatic N) is 3. The average Bonchev–Trinajstić information content (AvgIpc) is 2.93. The summed E-state index contributed by atoms with van der Waals surface area (Å²) < 4.78 is 2.33. The predicted molar refractivity (Wildman–Crippen MR) is 90.6 cm³/mol. The van der Waals surface area contributed by atoms with Crippen LogP contribution < -0.4 is 5.73 Å². The maximum absolute atomic E-state index is 5.96.